The van der Waals surface area contributed by atoms with Crippen LogP contribution in [0.25, 0.3) is 0 Å². The van der Waals surface area contributed by atoms with Crippen molar-refractivity contribution in [2.24, 2.45) is 5.73 Å². The Labute approximate surface area is 107 Å². The second-order valence-electron chi connectivity index (χ2n) is 1.24. The minimum absolute atomic E-state index is 0. The molecule has 2 N–H and O–H groups in total. The Balaban J connectivity index is -0.00000000750. The van der Waals surface area contributed by atoms with E-state index in [0.29, 0.717) is 6.04 Å². The first-order valence-electron chi connectivity index (χ1n) is 1.49. The molecule has 1 nitrogen and oxygen atoms in total. The van der Waals surface area contributed by atoms with E-state index in [-0.39, 0.29) is 83.8 Å². The fourth-order valence-electron chi connectivity index (χ4n) is 0. The average Bonchev–Trinajstić information content (AvgIpc) is 0.811. The van der Waals surface area contributed by atoms with Crippen molar-refractivity contribution in [3.8, 4) is 0 Å². The number of rotatable bonds is 0. The van der Waals surface area contributed by atoms with Gasteiger partial charge >= 0.3 is 80.9 Å². The molecule has 0 bridgehead atoms. The minimum Gasteiger partial charge on any atom is -1.00 e. The molecule has 0 aliphatic heterocycles. The first-order valence-corrected chi connectivity index (χ1v) is 1.49. The zero-order valence-corrected chi connectivity index (χ0v) is 10.3. The van der Waals surface area contributed by atoms with Crippen molar-refractivity contribution in [3.63, 3.8) is 0 Å². The molecule has 0 aromatic carbocycles. The molecule has 0 saturated carbocycles. The smallest absolute Gasteiger partial charge is 1.00 e. The van der Waals surface area contributed by atoms with Crippen LogP contribution in [-0.2, 0) is 0 Å². The number of hydrogen-bond acceptors (Lipinski definition) is 1. The topological polar surface area (TPSA) is 26.0 Å². The molecule has 0 radical (unpaired) electrons. The Morgan fingerprint density at radius 3 is 1.50 bits per heavy atom. The van der Waals surface area contributed by atoms with Gasteiger partial charge in [-0.15, -0.1) is 0 Å². The first-order chi connectivity index (χ1) is 1.73. The minimum atomic E-state index is 0. The summed E-state index contributed by atoms with van der Waals surface area (Å²) in [6, 6.07) is 0.333. The summed E-state index contributed by atoms with van der Waals surface area (Å²) >= 11 is 0. The predicted octanol–water partition coefficient (Wildman–Crippen LogP) is -5.41. The van der Waals surface area contributed by atoms with Gasteiger partial charge in [0.15, 0.2) is 0 Å². The Kier molecular flexibility index (Phi) is 27.9. The summed E-state index contributed by atoms with van der Waals surface area (Å²) in [5, 5.41) is 0. The standard InChI is InChI=1S/C3H9N.K.Na.2H/c1-3(2)4;;;;/h3H,4H2,1-2H3;;;;/q;2*+1;2*-1. The summed E-state index contributed by atoms with van der Waals surface area (Å²) in [5.41, 5.74) is 5.11. The van der Waals surface area contributed by atoms with Gasteiger partial charge in [0.1, 0.15) is 0 Å². The molecule has 0 saturated heterocycles. The third kappa shape index (κ3) is 30.6. The van der Waals surface area contributed by atoms with Gasteiger partial charge in [0.25, 0.3) is 0 Å². The normalized spacial score (nSPS) is 6.00. The zero-order chi connectivity index (χ0) is 3.58. The average molecular weight is 123 g/mol. The molecule has 0 aromatic heterocycles. The maximum absolute atomic E-state index is 5.11. The van der Waals surface area contributed by atoms with E-state index in [1.54, 1.807) is 0 Å². The summed E-state index contributed by atoms with van der Waals surface area (Å²) in [4.78, 5) is 0. The van der Waals surface area contributed by atoms with Gasteiger partial charge in [0.05, 0.1) is 0 Å². The molecule has 0 rings (SSSR count). The quantitative estimate of drug-likeness (QED) is 0.320. The van der Waals surface area contributed by atoms with E-state index in [9.17, 15) is 0 Å². The monoisotopic (exact) mass is 123 g/mol. The first kappa shape index (κ1) is 15.8. The van der Waals surface area contributed by atoms with Crippen molar-refractivity contribution in [3.05, 3.63) is 0 Å². The van der Waals surface area contributed by atoms with Crippen LogP contribution >= 0.6 is 0 Å². The maximum Gasteiger partial charge on any atom is 1.00 e. The number of nitrogens with two attached hydrogens (primary N) is 1. The number of hydrogen-bond donors (Lipinski definition) is 1. The van der Waals surface area contributed by atoms with Crippen LogP contribution < -0.4 is 86.7 Å². The molecule has 0 spiro atoms. The molecule has 0 amide bonds. The summed E-state index contributed by atoms with van der Waals surface area (Å²) in [6.07, 6.45) is 0. The fraction of sp³-hybridized carbons (Fsp3) is 1.00. The van der Waals surface area contributed by atoms with Crippen LogP contribution in [0.3, 0.4) is 0 Å². The maximum atomic E-state index is 5.11. The molecule has 0 aliphatic carbocycles. The second kappa shape index (κ2) is 10.6. The van der Waals surface area contributed by atoms with Crippen molar-refractivity contribution in [1.82, 2.24) is 0 Å². The van der Waals surface area contributed by atoms with Crippen LogP contribution in [0.5, 0.6) is 0 Å². The van der Waals surface area contributed by atoms with Crippen LogP contribution in [-0.4, -0.2) is 6.04 Å². The van der Waals surface area contributed by atoms with Crippen LogP contribution in [0.1, 0.15) is 16.7 Å². The molecule has 0 aliphatic rings. The van der Waals surface area contributed by atoms with Crippen LogP contribution in [0, 0.1) is 0 Å². The van der Waals surface area contributed by atoms with E-state index in [4.69, 9.17) is 5.73 Å². The molecule has 0 aromatic rings. The van der Waals surface area contributed by atoms with Crippen molar-refractivity contribution in [1.29, 1.82) is 0 Å². The van der Waals surface area contributed by atoms with Gasteiger partial charge in [-0.3, -0.25) is 0 Å². The molecular formula is C3H11KNNa. The van der Waals surface area contributed by atoms with Gasteiger partial charge in [0, 0.05) is 0 Å². The Morgan fingerprint density at radius 1 is 1.50 bits per heavy atom. The van der Waals surface area contributed by atoms with E-state index >= 15 is 0 Å². The Hall–Kier alpha value is 2.60. The molecule has 0 heterocycles. The van der Waals surface area contributed by atoms with Crippen molar-refractivity contribution in [2.75, 3.05) is 0 Å². The van der Waals surface area contributed by atoms with Gasteiger partial charge in [0.2, 0.25) is 0 Å². The summed E-state index contributed by atoms with van der Waals surface area (Å²) in [5.74, 6) is 0. The van der Waals surface area contributed by atoms with Gasteiger partial charge < -0.3 is 8.59 Å². The van der Waals surface area contributed by atoms with E-state index < -0.39 is 0 Å². The van der Waals surface area contributed by atoms with E-state index in [0.717, 1.165) is 0 Å². The predicted molar refractivity (Wildman–Crippen MR) is 21.5 cm³/mol. The van der Waals surface area contributed by atoms with Crippen molar-refractivity contribution in [2.45, 2.75) is 19.9 Å². The molecule has 0 fully saturated rings. The molecule has 0 unspecified atom stereocenters. The second-order valence-corrected chi connectivity index (χ2v) is 1.24. The molecule has 6 heavy (non-hydrogen) atoms. The molecule has 0 atom stereocenters. The van der Waals surface area contributed by atoms with Crippen molar-refractivity contribution >= 4 is 0 Å². The van der Waals surface area contributed by atoms with Crippen LogP contribution in [0.4, 0.5) is 0 Å². The van der Waals surface area contributed by atoms with Gasteiger partial charge in [-0.2, -0.15) is 0 Å². The van der Waals surface area contributed by atoms with E-state index in [1.165, 1.54) is 0 Å². The Morgan fingerprint density at radius 2 is 1.50 bits per heavy atom. The molecule has 30 valence electrons. The van der Waals surface area contributed by atoms with Gasteiger partial charge in [-0.1, -0.05) is 13.8 Å². The Bertz CT molecular complexity index is 22.0. The SMILES string of the molecule is CC(C)N.[H-].[H-].[K+].[Na+]. The van der Waals surface area contributed by atoms with Crippen LogP contribution in [0.2, 0.25) is 0 Å². The fourth-order valence-corrected chi connectivity index (χ4v) is 0. The summed E-state index contributed by atoms with van der Waals surface area (Å²) in [7, 11) is 0. The van der Waals surface area contributed by atoms with Crippen LogP contribution in [0.15, 0.2) is 0 Å². The van der Waals surface area contributed by atoms with E-state index in [2.05, 4.69) is 0 Å². The third-order valence-corrected chi connectivity index (χ3v) is 0. The largest absolute Gasteiger partial charge is 1.00 e. The van der Waals surface area contributed by atoms with Crippen molar-refractivity contribution < 1.29 is 83.8 Å². The summed E-state index contributed by atoms with van der Waals surface area (Å²) in [6.45, 7) is 3.89. The molecular weight excluding hydrogens is 112 g/mol. The molecule has 3 heteroatoms. The van der Waals surface area contributed by atoms with Gasteiger partial charge in [-0.25, -0.2) is 0 Å². The third-order valence-electron chi connectivity index (χ3n) is 0. The zero-order valence-electron chi connectivity index (χ0n) is 7.15. The summed E-state index contributed by atoms with van der Waals surface area (Å²) < 4.78 is 0. The van der Waals surface area contributed by atoms with Gasteiger partial charge in [-0.05, 0) is 6.04 Å². The van der Waals surface area contributed by atoms with E-state index in [1.807, 2.05) is 13.8 Å².